The van der Waals surface area contributed by atoms with Crippen molar-refractivity contribution in [2.24, 2.45) is 9.98 Å². The summed E-state index contributed by atoms with van der Waals surface area (Å²) in [6.45, 7) is 0. The average Bonchev–Trinajstić information content (AvgIpc) is 2.99. The summed E-state index contributed by atoms with van der Waals surface area (Å²) in [5.74, 6) is 5.32. The van der Waals surface area contributed by atoms with Crippen molar-refractivity contribution in [3.63, 3.8) is 0 Å². The standard InChI is InChI=1S/C30H19N5O6/c1-3-21-7-5-9-25(15-21)31-19-23-17-27(34(36)37)11-13-29(23)40-33-41-30-14-12-28(35(38)39)18-24(30)20-32-26-10-6-8-22(4-2)16-26/h1-2,5-20,33H. The van der Waals surface area contributed by atoms with Gasteiger partial charge in [0, 0.05) is 64.6 Å². The number of nitro groups is 2. The van der Waals surface area contributed by atoms with Gasteiger partial charge in [-0.15, -0.1) is 12.8 Å². The predicted octanol–water partition coefficient (Wildman–Crippen LogP) is 5.84. The van der Waals surface area contributed by atoms with Gasteiger partial charge in [0.15, 0.2) is 11.5 Å². The van der Waals surface area contributed by atoms with Crippen LogP contribution in [-0.2, 0) is 0 Å². The molecule has 0 saturated carbocycles. The van der Waals surface area contributed by atoms with Crippen molar-refractivity contribution in [2.75, 3.05) is 0 Å². The number of aliphatic imine (C=N–C) groups is 2. The van der Waals surface area contributed by atoms with Gasteiger partial charge in [-0.1, -0.05) is 24.0 Å². The number of hydrogen-bond donors (Lipinski definition) is 1. The molecule has 0 spiro atoms. The van der Waals surface area contributed by atoms with Crippen LogP contribution in [0.3, 0.4) is 0 Å². The van der Waals surface area contributed by atoms with Gasteiger partial charge in [0.1, 0.15) is 0 Å². The van der Waals surface area contributed by atoms with E-state index in [1.165, 1.54) is 48.8 Å². The van der Waals surface area contributed by atoms with Crippen LogP contribution in [0.1, 0.15) is 22.3 Å². The Morgan fingerprint density at radius 1 is 0.683 bits per heavy atom. The maximum atomic E-state index is 11.3. The zero-order valence-electron chi connectivity index (χ0n) is 21.1. The van der Waals surface area contributed by atoms with Crippen molar-refractivity contribution in [1.29, 1.82) is 0 Å². The largest absolute Gasteiger partial charge is 0.373 e. The number of non-ortho nitro benzene ring substituents is 2. The number of nitro benzene ring substituents is 2. The van der Waals surface area contributed by atoms with E-state index in [-0.39, 0.29) is 34.0 Å². The highest BCUT2D eigenvalue weighted by Crippen LogP contribution is 2.26. The molecule has 0 fully saturated rings. The van der Waals surface area contributed by atoms with E-state index >= 15 is 0 Å². The third-order valence-electron chi connectivity index (χ3n) is 5.44. The lowest BCUT2D eigenvalue weighted by atomic mass is 10.2. The van der Waals surface area contributed by atoms with E-state index in [9.17, 15) is 20.2 Å². The van der Waals surface area contributed by atoms with E-state index in [2.05, 4.69) is 27.5 Å². The summed E-state index contributed by atoms with van der Waals surface area (Å²) < 4.78 is 0. The Labute approximate surface area is 234 Å². The van der Waals surface area contributed by atoms with Gasteiger partial charge in [0.05, 0.1) is 21.2 Å². The van der Waals surface area contributed by atoms with Gasteiger partial charge in [0.2, 0.25) is 0 Å². The van der Waals surface area contributed by atoms with Crippen LogP contribution < -0.4 is 15.3 Å². The number of nitrogens with one attached hydrogen (secondary N) is 1. The molecule has 4 aromatic rings. The first-order valence-corrected chi connectivity index (χ1v) is 11.7. The molecule has 0 aliphatic heterocycles. The van der Waals surface area contributed by atoms with E-state index in [1.807, 2.05) is 0 Å². The smallest absolute Gasteiger partial charge is 0.270 e. The fraction of sp³-hybridized carbons (Fsp3) is 0. The van der Waals surface area contributed by atoms with Crippen LogP contribution in [0.2, 0.25) is 0 Å². The SMILES string of the molecule is C#Cc1cccc(N=Cc2cc([N+](=O)[O-])ccc2ONOc2ccc([N+](=O)[O-])cc2C=Nc2cccc(C#C)c2)c1. The molecule has 0 aliphatic carbocycles. The quantitative estimate of drug-likeness (QED) is 0.114. The van der Waals surface area contributed by atoms with Gasteiger partial charge in [-0.25, -0.2) is 0 Å². The minimum absolute atomic E-state index is 0.149. The first kappa shape index (κ1) is 27.7. The lowest BCUT2D eigenvalue weighted by molar-refractivity contribution is -0.385. The molecule has 11 heteroatoms. The molecule has 0 bridgehead atoms. The molecule has 0 aliphatic rings. The number of nitrogens with zero attached hydrogens (tertiary/aromatic N) is 4. The molecule has 4 aromatic carbocycles. The third kappa shape index (κ3) is 7.39. The Kier molecular flexibility index (Phi) is 8.77. The normalized spacial score (nSPS) is 10.7. The Bertz CT molecular complexity index is 1640. The van der Waals surface area contributed by atoms with Crippen LogP contribution in [-0.4, -0.2) is 22.3 Å². The molecular weight excluding hydrogens is 526 g/mol. The zero-order chi connectivity index (χ0) is 29.2. The van der Waals surface area contributed by atoms with Crippen LogP contribution in [0.5, 0.6) is 11.5 Å². The summed E-state index contributed by atoms with van der Waals surface area (Å²) in [7, 11) is 0. The fourth-order valence-electron chi connectivity index (χ4n) is 3.44. The summed E-state index contributed by atoms with van der Waals surface area (Å²) in [6.07, 6.45) is 13.6. The zero-order valence-corrected chi connectivity index (χ0v) is 21.1. The first-order chi connectivity index (χ1) is 19.9. The second kappa shape index (κ2) is 13.0. The Morgan fingerprint density at radius 2 is 1.12 bits per heavy atom. The monoisotopic (exact) mass is 545 g/mol. The van der Waals surface area contributed by atoms with Crippen LogP contribution >= 0.6 is 0 Å². The molecule has 0 aromatic heterocycles. The summed E-state index contributed by atoms with van der Waals surface area (Å²) in [6, 6.07) is 21.5. The average molecular weight is 546 g/mol. The van der Waals surface area contributed by atoms with Crippen molar-refractivity contribution >= 4 is 35.2 Å². The molecule has 0 heterocycles. The fourth-order valence-corrected chi connectivity index (χ4v) is 3.44. The summed E-state index contributed by atoms with van der Waals surface area (Å²) >= 11 is 0. The minimum atomic E-state index is -0.550. The van der Waals surface area contributed by atoms with Gasteiger partial charge in [-0.05, 0) is 48.5 Å². The number of benzene rings is 4. The number of terminal acetylenes is 2. The molecule has 41 heavy (non-hydrogen) atoms. The maximum absolute atomic E-state index is 11.3. The van der Waals surface area contributed by atoms with Crippen molar-refractivity contribution in [2.45, 2.75) is 0 Å². The topological polar surface area (TPSA) is 141 Å². The number of hydrogen-bond acceptors (Lipinski definition) is 9. The lowest BCUT2D eigenvalue weighted by Gasteiger charge is -2.11. The summed E-state index contributed by atoms with van der Waals surface area (Å²) in [5.41, 5.74) is 4.79. The predicted molar refractivity (Wildman–Crippen MR) is 154 cm³/mol. The highest BCUT2D eigenvalue weighted by molar-refractivity contribution is 5.87. The minimum Gasteiger partial charge on any atom is -0.373 e. The van der Waals surface area contributed by atoms with Gasteiger partial charge in [0.25, 0.3) is 11.4 Å². The lowest BCUT2D eigenvalue weighted by Crippen LogP contribution is -2.24. The van der Waals surface area contributed by atoms with E-state index < -0.39 is 9.85 Å². The van der Waals surface area contributed by atoms with Gasteiger partial charge < -0.3 is 9.68 Å². The molecule has 0 saturated heterocycles. The van der Waals surface area contributed by atoms with E-state index in [1.54, 1.807) is 48.5 Å². The molecule has 0 atom stereocenters. The van der Waals surface area contributed by atoms with Crippen LogP contribution in [0.4, 0.5) is 22.7 Å². The second-order valence-corrected chi connectivity index (χ2v) is 8.15. The Hall–Kier alpha value is -6.30. The molecule has 4 rings (SSSR count). The van der Waals surface area contributed by atoms with Crippen LogP contribution in [0.25, 0.3) is 0 Å². The highest BCUT2D eigenvalue weighted by atomic mass is 16.9. The maximum Gasteiger partial charge on any atom is 0.270 e. The highest BCUT2D eigenvalue weighted by Gasteiger charge is 2.14. The van der Waals surface area contributed by atoms with Crippen molar-refractivity contribution < 1.29 is 19.5 Å². The molecule has 200 valence electrons. The molecule has 1 N–H and O–H groups in total. The summed E-state index contributed by atoms with van der Waals surface area (Å²) in [4.78, 5) is 41.2. The van der Waals surface area contributed by atoms with E-state index in [0.29, 0.717) is 22.5 Å². The van der Waals surface area contributed by atoms with Crippen LogP contribution in [0, 0.1) is 44.9 Å². The Morgan fingerprint density at radius 3 is 1.51 bits per heavy atom. The molecule has 0 radical (unpaired) electrons. The van der Waals surface area contributed by atoms with E-state index in [0.717, 1.165) is 0 Å². The van der Waals surface area contributed by atoms with Crippen molar-refractivity contribution in [1.82, 2.24) is 5.64 Å². The van der Waals surface area contributed by atoms with Crippen LogP contribution in [0.15, 0.2) is 94.9 Å². The molecular formula is C30H19N5O6. The van der Waals surface area contributed by atoms with Crippen molar-refractivity contribution in [3.05, 3.63) is 127 Å². The third-order valence-corrected chi connectivity index (χ3v) is 5.44. The molecule has 11 nitrogen and oxygen atoms in total. The second-order valence-electron chi connectivity index (χ2n) is 8.15. The van der Waals surface area contributed by atoms with Gasteiger partial charge in [-0.3, -0.25) is 30.2 Å². The van der Waals surface area contributed by atoms with Gasteiger partial charge >= 0.3 is 0 Å². The van der Waals surface area contributed by atoms with E-state index in [4.69, 9.17) is 22.5 Å². The van der Waals surface area contributed by atoms with Gasteiger partial charge in [-0.2, -0.15) is 0 Å². The Balaban J connectivity index is 1.56. The molecule has 0 amide bonds. The summed E-state index contributed by atoms with van der Waals surface area (Å²) in [5, 5.41) is 22.6. The first-order valence-electron chi connectivity index (χ1n) is 11.7. The van der Waals surface area contributed by atoms with Crippen molar-refractivity contribution in [3.8, 4) is 36.2 Å². The number of rotatable bonds is 10. The molecule has 0 unspecified atom stereocenters.